The fourth-order valence-corrected chi connectivity index (χ4v) is 7.00. The lowest BCUT2D eigenvalue weighted by atomic mass is 9.95. The predicted molar refractivity (Wildman–Crippen MR) is 170 cm³/mol. The highest BCUT2D eigenvalue weighted by Crippen LogP contribution is 2.28. The number of hydrogen-bond donors (Lipinski definition) is 1. The van der Waals surface area contributed by atoms with E-state index in [1.165, 1.54) is 48.4 Å². The third-order valence-electron chi connectivity index (χ3n) is 7.52. The van der Waals surface area contributed by atoms with Crippen LogP contribution in [0.2, 0.25) is 15.1 Å². The number of benzene rings is 3. The van der Waals surface area contributed by atoms with Crippen LogP contribution >= 0.6 is 34.8 Å². The normalized spacial score (nSPS) is 14.5. The van der Waals surface area contributed by atoms with Gasteiger partial charge in [-0.3, -0.25) is 13.9 Å². The van der Waals surface area contributed by atoms with Crippen LogP contribution in [0.15, 0.2) is 71.6 Å². The Hall–Kier alpha value is -2.98. The smallest absolute Gasteiger partial charge is 0.264 e. The van der Waals surface area contributed by atoms with Crippen molar-refractivity contribution in [2.45, 2.75) is 62.6 Å². The monoisotopic (exact) mass is 665 g/mol. The van der Waals surface area contributed by atoms with Crippen molar-refractivity contribution in [3.8, 4) is 5.75 Å². The van der Waals surface area contributed by atoms with Gasteiger partial charge < -0.3 is 15.0 Å². The molecule has 0 spiro atoms. The van der Waals surface area contributed by atoms with Gasteiger partial charge in [-0.15, -0.1) is 0 Å². The van der Waals surface area contributed by atoms with Crippen LogP contribution in [0.25, 0.3) is 0 Å². The summed E-state index contributed by atoms with van der Waals surface area (Å²) in [7, 11) is -2.75. The summed E-state index contributed by atoms with van der Waals surface area (Å²) in [6, 6.07) is 16.0. The quantitative estimate of drug-likeness (QED) is 0.245. The van der Waals surface area contributed by atoms with Crippen molar-refractivity contribution >= 4 is 62.3 Å². The molecule has 1 aliphatic carbocycles. The molecule has 1 atom stereocenters. The second-order valence-corrected chi connectivity index (χ2v) is 13.6. The van der Waals surface area contributed by atoms with Crippen molar-refractivity contribution in [3.05, 3.63) is 87.4 Å². The van der Waals surface area contributed by atoms with E-state index >= 15 is 0 Å². The van der Waals surface area contributed by atoms with Gasteiger partial charge in [-0.25, -0.2) is 8.42 Å². The zero-order chi connectivity index (χ0) is 31.1. The first kappa shape index (κ1) is 32.9. The summed E-state index contributed by atoms with van der Waals surface area (Å²) in [6.07, 6.45) is 4.94. The van der Waals surface area contributed by atoms with Gasteiger partial charge in [-0.2, -0.15) is 0 Å². The van der Waals surface area contributed by atoms with E-state index in [1.807, 2.05) is 0 Å². The molecule has 2 amide bonds. The number of ether oxygens (including phenoxy) is 1. The summed E-state index contributed by atoms with van der Waals surface area (Å²) in [5.74, 6) is -0.428. The summed E-state index contributed by atoms with van der Waals surface area (Å²) < 4.78 is 34.1. The minimum absolute atomic E-state index is 0.0285. The average molecular weight is 667 g/mol. The average Bonchev–Trinajstić information content (AvgIpc) is 3.00. The third-order valence-corrected chi connectivity index (χ3v) is 10.1. The third kappa shape index (κ3) is 8.35. The molecule has 0 radical (unpaired) electrons. The molecule has 1 N–H and O–H groups in total. The van der Waals surface area contributed by atoms with Gasteiger partial charge in [0.25, 0.3) is 10.0 Å². The van der Waals surface area contributed by atoms with E-state index in [-0.39, 0.29) is 29.1 Å². The number of amides is 2. The molecular formula is C31H34Cl3N3O5S. The lowest BCUT2D eigenvalue weighted by Gasteiger charge is -2.33. The summed E-state index contributed by atoms with van der Waals surface area (Å²) in [4.78, 5) is 28.9. The molecule has 1 unspecified atom stereocenters. The molecule has 3 aromatic carbocycles. The predicted octanol–water partition coefficient (Wildman–Crippen LogP) is 6.72. The fraction of sp³-hybridized carbons (Fsp3) is 0.355. The molecule has 0 saturated heterocycles. The number of hydrogen-bond acceptors (Lipinski definition) is 5. The lowest BCUT2D eigenvalue weighted by molar-refractivity contribution is -0.139. The summed E-state index contributed by atoms with van der Waals surface area (Å²) >= 11 is 18.6. The molecule has 12 heteroatoms. The molecule has 0 aromatic heterocycles. The number of sulfonamides is 1. The fourth-order valence-electron chi connectivity index (χ4n) is 5.00. The number of nitrogens with one attached hydrogen (secondary N) is 1. The number of carbonyl (C=O) groups excluding carboxylic acids is 2. The van der Waals surface area contributed by atoms with E-state index in [9.17, 15) is 18.0 Å². The first-order valence-corrected chi connectivity index (χ1v) is 16.5. The molecule has 8 nitrogen and oxygen atoms in total. The second-order valence-electron chi connectivity index (χ2n) is 10.4. The van der Waals surface area contributed by atoms with Crippen molar-refractivity contribution in [2.75, 3.05) is 18.0 Å². The highest BCUT2D eigenvalue weighted by atomic mass is 35.5. The van der Waals surface area contributed by atoms with Gasteiger partial charge in [0.15, 0.2) is 0 Å². The van der Waals surface area contributed by atoms with Gasteiger partial charge >= 0.3 is 0 Å². The minimum atomic E-state index is -4.23. The summed E-state index contributed by atoms with van der Waals surface area (Å²) in [6.45, 7) is 1.01. The van der Waals surface area contributed by atoms with E-state index in [4.69, 9.17) is 39.5 Å². The van der Waals surface area contributed by atoms with Crippen molar-refractivity contribution in [2.24, 2.45) is 0 Å². The molecule has 1 fully saturated rings. The largest absolute Gasteiger partial charge is 0.497 e. The zero-order valence-corrected chi connectivity index (χ0v) is 27.0. The topological polar surface area (TPSA) is 96.0 Å². The molecule has 0 aliphatic heterocycles. The molecule has 4 rings (SSSR count). The molecule has 1 saturated carbocycles. The van der Waals surface area contributed by atoms with E-state index in [1.54, 1.807) is 37.3 Å². The van der Waals surface area contributed by atoms with Crippen LogP contribution in [0.3, 0.4) is 0 Å². The second kappa shape index (κ2) is 14.7. The van der Waals surface area contributed by atoms with Crippen LogP contribution in [0.4, 0.5) is 5.69 Å². The van der Waals surface area contributed by atoms with Gasteiger partial charge in [0.2, 0.25) is 11.8 Å². The Morgan fingerprint density at radius 1 is 0.930 bits per heavy atom. The van der Waals surface area contributed by atoms with Gasteiger partial charge in [0, 0.05) is 27.7 Å². The van der Waals surface area contributed by atoms with E-state index in [0.717, 1.165) is 36.4 Å². The van der Waals surface area contributed by atoms with Crippen LogP contribution in [0.5, 0.6) is 5.75 Å². The SMILES string of the molecule is COc1ccc(S(=O)(=O)N(CC(=O)N(Cc2ccc(Cl)cc2Cl)C(C)C(=O)NC2CCCCC2)c2ccc(Cl)cc2)cc1. The van der Waals surface area contributed by atoms with E-state index < -0.39 is 28.5 Å². The molecule has 43 heavy (non-hydrogen) atoms. The Bertz CT molecular complexity index is 1530. The molecular weight excluding hydrogens is 633 g/mol. The first-order valence-electron chi connectivity index (χ1n) is 14.0. The van der Waals surface area contributed by atoms with Crippen LogP contribution in [0.1, 0.15) is 44.6 Å². The molecule has 230 valence electrons. The molecule has 0 heterocycles. The Balaban J connectivity index is 1.69. The molecule has 0 bridgehead atoms. The highest BCUT2D eigenvalue weighted by Gasteiger charge is 2.33. The number of halogens is 3. The maximum Gasteiger partial charge on any atom is 0.264 e. The van der Waals surface area contributed by atoms with Crippen molar-refractivity contribution < 1.29 is 22.7 Å². The standard InChI is InChI=1S/C31H34Cl3N3O5S/c1-21(31(39)35-25-6-4-3-5-7-25)36(19-22-8-9-24(33)18-29(22)34)30(38)20-37(26-12-10-23(32)11-13-26)43(40,41)28-16-14-27(42-2)15-17-28/h8-18,21,25H,3-7,19-20H2,1-2H3,(H,35,39). The Labute approximate surface area is 267 Å². The van der Waals surface area contributed by atoms with Crippen molar-refractivity contribution in [1.29, 1.82) is 0 Å². The van der Waals surface area contributed by atoms with Crippen molar-refractivity contribution in [1.82, 2.24) is 10.2 Å². The van der Waals surface area contributed by atoms with Gasteiger partial charge in [0.1, 0.15) is 18.3 Å². The Morgan fingerprint density at radius 2 is 1.56 bits per heavy atom. The van der Waals surface area contributed by atoms with Gasteiger partial charge in [0.05, 0.1) is 17.7 Å². The number of rotatable bonds is 11. The van der Waals surface area contributed by atoms with Gasteiger partial charge in [-0.1, -0.05) is 60.1 Å². The number of nitrogens with zero attached hydrogens (tertiary/aromatic N) is 2. The zero-order valence-electron chi connectivity index (χ0n) is 23.9. The number of carbonyl (C=O) groups is 2. The van der Waals surface area contributed by atoms with Crippen LogP contribution < -0.4 is 14.4 Å². The maximum atomic E-state index is 14.1. The Kier molecular flexibility index (Phi) is 11.2. The van der Waals surface area contributed by atoms with Crippen LogP contribution in [0, 0.1) is 0 Å². The maximum absolute atomic E-state index is 14.1. The van der Waals surface area contributed by atoms with Crippen LogP contribution in [-0.2, 0) is 26.2 Å². The summed E-state index contributed by atoms with van der Waals surface area (Å²) in [5.41, 5.74) is 0.796. The Morgan fingerprint density at radius 3 is 2.16 bits per heavy atom. The van der Waals surface area contributed by atoms with Gasteiger partial charge in [-0.05, 0) is 86.0 Å². The number of methoxy groups -OCH3 is 1. The lowest BCUT2D eigenvalue weighted by Crippen LogP contribution is -2.53. The summed E-state index contributed by atoms with van der Waals surface area (Å²) in [5, 5.41) is 4.23. The van der Waals surface area contributed by atoms with E-state index in [2.05, 4.69) is 5.32 Å². The molecule has 1 aliphatic rings. The van der Waals surface area contributed by atoms with Crippen molar-refractivity contribution in [3.63, 3.8) is 0 Å². The number of anilines is 1. The highest BCUT2D eigenvalue weighted by molar-refractivity contribution is 7.92. The minimum Gasteiger partial charge on any atom is -0.497 e. The van der Waals surface area contributed by atoms with Crippen LogP contribution in [-0.4, -0.2) is 50.9 Å². The van der Waals surface area contributed by atoms with E-state index in [0.29, 0.717) is 26.4 Å². The molecule has 3 aromatic rings. The first-order chi connectivity index (χ1) is 20.5.